The number of carbonyl (C=O) groups excluding carboxylic acids is 2. The zero-order chi connectivity index (χ0) is 20.7. The van der Waals surface area contributed by atoms with Gasteiger partial charge in [-0.15, -0.1) is 0 Å². The first-order valence-electron chi connectivity index (χ1n) is 9.58. The number of hydrogen-bond donors (Lipinski definition) is 4. The number of amides is 3. The van der Waals surface area contributed by atoms with E-state index in [-0.39, 0.29) is 6.42 Å². The molecule has 1 saturated heterocycles. The van der Waals surface area contributed by atoms with E-state index in [4.69, 9.17) is 10.5 Å². The summed E-state index contributed by atoms with van der Waals surface area (Å²) in [4.78, 5) is 25.8. The van der Waals surface area contributed by atoms with Gasteiger partial charge in [-0.25, -0.2) is 4.79 Å². The Morgan fingerprint density at radius 1 is 1.43 bits per heavy atom. The fourth-order valence-electron chi connectivity index (χ4n) is 5.31. The molecule has 4 atom stereocenters. The number of nitrogens with two attached hydrogens (primary N) is 1. The third-order valence-corrected chi connectivity index (χ3v) is 6.43. The van der Waals surface area contributed by atoms with Gasteiger partial charge in [0.25, 0.3) is 0 Å². The molecule has 3 amide bonds. The van der Waals surface area contributed by atoms with Gasteiger partial charge >= 0.3 is 6.03 Å². The monoisotopic (exact) mass is 391 g/mol. The summed E-state index contributed by atoms with van der Waals surface area (Å²) in [5, 5.41) is 25.3. The molecule has 4 unspecified atom stereocenters. The number of ether oxygens (including phenoxy) is 1. The summed E-state index contributed by atoms with van der Waals surface area (Å²) in [6.45, 7) is 2.55. The number of imide groups is 1. The van der Waals surface area contributed by atoms with E-state index in [0.717, 1.165) is 0 Å². The van der Waals surface area contributed by atoms with Crippen LogP contribution in [0.15, 0.2) is 18.2 Å². The second-order valence-electron chi connectivity index (χ2n) is 7.92. The van der Waals surface area contributed by atoms with Crippen molar-refractivity contribution >= 4 is 11.9 Å². The number of rotatable bonds is 5. The van der Waals surface area contributed by atoms with Gasteiger partial charge in [-0.2, -0.15) is 0 Å². The zero-order valence-corrected chi connectivity index (χ0v) is 16.6. The number of carbonyl (C=O) groups is 2. The van der Waals surface area contributed by atoms with E-state index < -0.39 is 35.1 Å². The van der Waals surface area contributed by atoms with Gasteiger partial charge in [0.05, 0.1) is 24.9 Å². The average molecular weight is 391 g/mol. The van der Waals surface area contributed by atoms with Crippen molar-refractivity contribution < 1.29 is 24.5 Å². The van der Waals surface area contributed by atoms with Crippen molar-refractivity contribution in [2.75, 3.05) is 20.7 Å². The number of aliphatic hydroxyl groups excluding tert-OH is 1. The third-order valence-electron chi connectivity index (χ3n) is 6.43. The van der Waals surface area contributed by atoms with Crippen LogP contribution in [0.2, 0.25) is 0 Å². The molecule has 154 valence electrons. The molecule has 2 bridgehead atoms. The first-order chi connectivity index (χ1) is 13.2. The van der Waals surface area contributed by atoms with Crippen molar-refractivity contribution in [2.24, 2.45) is 5.73 Å². The number of likely N-dealkylation sites (N-methyl/N-ethyl adjacent to an activating group) is 1. The highest BCUT2D eigenvalue weighted by Gasteiger charge is 2.65. The van der Waals surface area contributed by atoms with Gasteiger partial charge in [0.1, 0.15) is 5.75 Å². The van der Waals surface area contributed by atoms with Crippen LogP contribution in [0.3, 0.4) is 0 Å². The van der Waals surface area contributed by atoms with Gasteiger partial charge in [0.2, 0.25) is 5.91 Å². The summed E-state index contributed by atoms with van der Waals surface area (Å²) < 4.78 is 5.37. The molecule has 0 radical (unpaired) electrons. The molecule has 0 saturated carbocycles. The van der Waals surface area contributed by atoms with Crippen LogP contribution in [-0.2, 0) is 10.2 Å². The maximum atomic E-state index is 12.6. The van der Waals surface area contributed by atoms with Crippen LogP contribution in [0.1, 0.15) is 49.8 Å². The number of piperidine rings is 1. The van der Waals surface area contributed by atoms with E-state index in [0.29, 0.717) is 42.7 Å². The number of urea groups is 1. The largest absolute Gasteiger partial charge is 0.497 e. The second kappa shape index (κ2) is 7.35. The van der Waals surface area contributed by atoms with Crippen molar-refractivity contribution in [1.29, 1.82) is 0 Å². The van der Waals surface area contributed by atoms with Gasteiger partial charge in [-0.1, -0.05) is 19.4 Å². The van der Waals surface area contributed by atoms with Crippen molar-refractivity contribution in [2.45, 2.75) is 55.8 Å². The van der Waals surface area contributed by atoms with E-state index in [1.807, 2.05) is 18.9 Å². The SMILES string of the molecule is CCCC1(O)C2C(O)c3ccc(OC)cc3C1(CC(=O)NC(N)=O)CCN2C. The predicted octanol–water partition coefficient (Wildman–Crippen LogP) is 0.800. The van der Waals surface area contributed by atoms with Crippen molar-refractivity contribution in [3.05, 3.63) is 29.3 Å². The summed E-state index contributed by atoms with van der Waals surface area (Å²) in [5.74, 6) is 0.0346. The molecule has 0 spiro atoms. The number of nitrogens with one attached hydrogen (secondary N) is 1. The Morgan fingerprint density at radius 2 is 2.14 bits per heavy atom. The normalized spacial score (nSPS) is 31.8. The van der Waals surface area contributed by atoms with Crippen LogP contribution in [0, 0.1) is 0 Å². The summed E-state index contributed by atoms with van der Waals surface area (Å²) >= 11 is 0. The van der Waals surface area contributed by atoms with E-state index >= 15 is 0 Å². The molecule has 1 heterocycles. The molecule has 1 aliphatic heterocycles. The summed E-state index contributed by atoms with van der Waals surface area (Å²) in [5.41, 5.74) is 4.17. The Bertz CT molecular complexity index is 785. The molecule has 2 aliphatic rings. The van der Waals surface area contributed by atoms with Crippen molar-refractivity contribution in [1.82, 2.24) is 10.2 Å². The van der Waals surface area contributed by atoms with E-state index in [2.05, 4.69) is 5.32 Å². The number of hydrogen-bond acceptors (Lipinski definition) is 6. The van der Waals surface area contributed by atoms with Gasteiger partial charge in [0, 0.05) is 11.8 Å². The maximum absolute atomic E-state index is 12.6. The molecule has 28 heavy (non-hydrogen) atoms. The topological polar surface area (TPSA) is 125 Å². The van der Waals surface area contributed by atoms with Gasteiger partial charge in [-0.3, -0.25) is 15.0 Å². The molecule has 1 aromatic rings. The van der Waals surface area contributed by atoms with Crippen molar-refractivity contribution in [3.8, 4) is 5.75 Å². The fourth-order valence-corrected chi connectivity index (χ4v) is 5.31. The lowest BCUT2D eigenvalue weighted by molar-refractivity contribution is -0.184. The Balaban J connectivity index is 2.24. The van der Waals surface area contributed by atoms with Crippen LogP contribution in [-0.4, -0.2) is 59.4 Å². The zero-order valence-electron chi connectivity index (χ0n) is 16.6. The van der Waals surface area contributed by atoms with E-state index in [1.165, 1.54) is 0 Å². The standard InChI is InChI=1S/C20H29N3O5/c1-4-7-20(27)17-16(25)13-6-5-12(28-3)10-14(13)19(20,8-9-23(17)2)11-15(24)22-18(21)26/h5-6,10,16-17,25,27H,4,7-9,11H2,1-3H3,(H3,21,22,24,26). The first-order valence-corrected chi connectivity index (χ1v) is 9.58. The third kappa shape index (κ3) is 2.96. The number of methoxy groups -OCH3 is 1. The Hall–Kier alpha value is -2.16. The highest BCUT2D eigenvalue weighted by atomic mass is 16.5. The highest BCUT2D eigenvalue weighted by Crippen LogP contribution is 2.58. The lowest BCUT2D eigenvalue weighted by Crippen LogP contribution is -2.72. The number of aliphatic hydroxyl groups is 2. The number of primary amides is 1. The molecular formula is C20H29N3O5. The highest BCUT2D eigenvalue weighted by molar-refractivity contribution is 5.94. The van der Waals surface area contributed by atoms with Crippen LogP contribution in [0.5, 0.6) is 5.75 Å². The van der Waals surface area contributed by atoms with Crippen molar-refractivity contribution in [3.63, 3.8) is 0 Å². The molecule has 3 rings (SSSR count). The van der Waals surface area contributed by atoms with Gasteiger partial charge < -0.3 is 20.7 Å². The number of benzene rings is 1. The molecule has 8 heteroatoms. The minimum absolute atomic E-state index is 0.107. The summed E-state index contributed by atoms with van der Waals surface area (Å²) in [7, 11) is 3.42. The quantitative estimate of drug-likeness (QED) is 0.588. The number of likely N-dealkylation sites (tertiary alicyclic amines) is 1. The molecule has 1 aromatic carbocycles. The van der Waals surface area contributed by atoms with E-state index in [9.17, 15) is 19.8 Å². The minimum Gasteiger partial charge on any atom is -0.497 e. The Morgan fingerprint density at radius 3 is 2.75 bits per heavy atom. The molecule has 1 aliphatic carbocycles. The lowest BCUT2D eigenvalue weighted by atomic mass is 9.51. The molecule has 0 aromatic heterocycles. The molecule has 5 N–H and O–H groups in total. The smallest absolute Gasteiger partial charge is 0.318 e. The number of nitrogens with zero attached hydrogens (tertiary/aromatic N) is 1. The predicted molar refractivity (Wildman–Crippen MR) is 103 cm³/mol. The fraction of sp³-hybridized carbons (Fsp3) is 0.600. The first kappa shape index (κ1) is 20.6. The Kier molecular flexibility index (Phi) is 5.40. The Labute approximate surface area is 164 Å². The van der Waals surface area contributed by atoms with Gasteiger partial charge in [0.15, 0.2) is 0 Å². The second-order valence-corrected chi connectivity index (χ2v) is 7.92. The molecular weight excluding hydrogens is 362 g/mol. The van der Waals surface area contributed by atoms with Crippen LogP contribution >= 0.6 is 0 Å². The molecule has 1 fully saturated rings. The van der Waals surface area contributed by atoms with Crippen LogP contribution in [0.4, 0.5) is 4.79 Å². The summed E-state index contributed by atoms with van der Waals surface area (Å²) in [6, 6.07) is 3.85. The number of fused-ring (bicyclic) bond motifs is 4. The minimum atomic E-state index is -1.36. The molecule has 8 nitrogen and oxygen atoms in total. The summed E-state index contributed by atoms with van der Waals surface area (Å²) in [6.07, 6.45) is 0.556. The van der Waals surface area contributed by atoms with E-state index in [1.54, 1.807) is 25.3 Å². The lowest BCUT2D eigenvalue weighted by Gasteiger charge is -2.62. The maximum Gasteiger partial charge on any atom is 0.318 e. The van der Waals surface area contributed by atoms with Crippen LogP contribution < -0.4 is 15.8 Å². The van der Waals surface area contributed by atoms with Crippen LogP contribution in [0.25, 0.3) is 0 Å². The average Bonchev–Trinajstić information content (AvgIpc) is 2.62. The van der Waals surface area contributed by atoms with Gasteiger partial charge in [-0.05, 0) is 49.7 Å².